The van der Waals surface area contributed by atoms with Gasteiger partial charge in [-0.05, 0) is 52.4 Å². The number of hydrogen-bond donors (Lipinski definition) is 1. The molecule has 4 rings (SSSR count). The number of Topliss-reactive ketones (excluding diaryl/α,β-unsaturated/α-hetero) is 1. The second-order valence-electron chi connectivity index (χ2n) is 9.17. The molecule has 1 aliphatic heterocycles. The van der Waals surface area contributed by atoms with Crippen molar-refractivity contribution >= 4 is 29.1 Å². The van der Waals surface area contributed by atoms with Crippen LogP contribution in [0.5, 0.6) is 0 Å². The highest BCUT2D eigenvalue weighted by Crippen LogP contribution is 2.40. The molecule has 168 valence electrons. The molecule has 0 spiro atoms. The monoisotopic (exact) mass is 460 g/mol. The van der Waals surface area contributed by atoms with E-state index in [1.165, 1.54) is 4.90 Å². The summed E-state index contributed by atoms with van der Waals surface area (Å²) >= 11 is 5.98. The third-order valence-corrected chi connectivity index (χ3v) is 6.08. The number of halogens is 1. The minimum absolute atomic E-state index is 0.0423. The van der Waals surface area contributed by atoms with E-state index in [2.05, 4.69) is 25.8 Å². The average molecular weight is 461 g/mol. The number of hydrogen-bond acceptors (Lipinski definition) is 4. The van der Waals surface area contributed by atoms with Gasteiger partial charge < -0.3 is 10.0 Å². The summed E-state index contributed by atoms with van der Waals surface area (Å²) in [6, 6.07) is 17.3. The van der Waals surface area contributed by atoms with Crippen LogP contribution in [0.25, 0.3) is 5.76 Å². The maximum Gasteiger partial charge on any atom is 0.295 e. The number of nitrogens with zero attached hydrogens (tertiary/aromatic N) is 2. The number of rotatable bonds is 4. The zero-order valence-corrected chi connectivity index (χ0v) is 19.5. The highest BCUT2D eigenvalue weighted by Gasteiger charge is 2.46. The summed E-state index contributed by atoms with van der Waals surface area (Å²) in [6.07, 6.45) is 3.32. The molecule has 5 nitrogen and oxygen atoms in total. The van der Waals surface area contributed by atoms with Crippen molar-refractivity contribution in [3.05, 3.63) is 106 Å². The van der Waals surface area contributed by atoms with E-state index in [1.54, 1.807) is 42.7 Å². The molecule has 1 fully saturated rings. The van der Waals surface area contributed by atoms with Crippen LogP contribution < -0.4 is 0 Å². The van der Waals surface area contributed by atoms with Crippen molar-refractivity contribution in [3.63, 3.8) is 0 Å². The molecule has 0 saturated carbocycles. The lowest BCUT2D eigenvalue weighted by Gasteiger charge is -2.26. The largest absolute Gasteiger partial charge is 0.507 e. The number of aliphatic hydroxyl groups excluding tert-OH is 1. The molecule has 1 atom stereocenters. The van der Waals surface area contributed by atoms with E-state index < -0.39 is 17.7 Å². The van der Waals surface area contributed by atoms with Crippen LogP contribution in [-0.2, 0) is 21.5 Å². The quantitative estimate of drug-likeness (QED) is 0.310. The number of aliphatic hydroxyl groups is 1. The third-order valence-electron chi connectivity index (χ3n) is 5.83. The summed E-state index contributed by atoms with van der Waals surface area (Å²) in [4.78, 5) is 31.9. The van der Waals surface area contributed by atoms with Crippen LogP contribution in [0.1, 0.15) is 49.1 Å². The molecule has 2 aromatic carbocycles. The van der Waals surface area contributed by atoms with E-state index in [4.69, 9.17) is 11.6 Å². The molecule has 6 heteroatoms. The molecule has 1 aromatic heterocycles. The van der Waals surface area contributed by atoms with Crippen molar-refractivity contribution in [2.45, 2.75) is 38.8 Å². The zero-order valence-electron chi connectivity index (χ0n) is 18.7. The van der Waals surface area contributed by atoms with Gasteiger partial charge in [-0.15, -0.1) is 0 Å². The highest BCUT2D eigenvalue weighted by atomic mass is 35.5. The number of likely N-dealkylation sites (tertiary alicyclic amines) is 1. The second kappa shape index (κ2) is 8.83. The molecule has 0 aliphatic carbocycles. The first-order valence-electron chi connectivity index (χ1n) is 10.7. The first-order valence-corrected chi connectivity index (χ1v) is 11.1. The Balaban J connectivity index is 1.85. The fraction of sp³-hybridized carbons (Fsp3) is 0.222. The Morgan fingerprint density at radius 2 is 1.70 bits per heavy atom. The van der Waals surface area contributed by atoms with Gasteiger partial charge in [-0.3, -0.25) is 14.6 Å². The molecule has 1 N–H and O–H groups in total. The van der Waals surface area contributed by atoms with Crippen molar-refractivity contribution < 1.29 is 14.7 Å². The van der Waals surface area contributed by atoms with Crippen LogP contribution in [-0.4, -0.2) is 26.7 Å². The average Bonchev–Trinajstić information content (AvgIpc) is 3.04. The van der Waals surface area contributed by atoms with E-state index in [9.17, 15) is 14.7 Å². The molecule has 1 saturated heterocycles. The molecule has 3 aromatic rings. The fourth-order valence-electron chi connectivity index (χ4n) is 4.01. The number of amides is 1. The van der Waals surface area contributed by atoms with E-state index in [1.807, 2.05) is 30.3 Å². The smallest absolute Gasteiger partial charge is 0.295 e. The Morgan fingerprint density at radius 3 is 2.27 bits per heavy atom. The standard InChI is InChI=1S/C27H25ClN2O3/c1-27(2,3)20-10-6-18(7-11-20)23-22(24(31)19-8-12-21(28)13-9-19)25(32)26(33)30(23)16-17-5-4-14-29-15-17/h4-15,23,31H,16H2,1-3H3/b24-22+/t23-/m1/s1. The predicted octanol–water partition coefficient (Wildman–Crippen LogP) is 5.65. The van der Waals surface area contributed by atoms with Crippen LogP contribution in [0.2, 0.25) is 5.02 Å². The van der Waals surface area contributed by atoms with E-state index >= 15 is 0 Å². The SMILES string of the molecule is CC(C)(C)c1ccc([C@@H]2/C(=C(\O)c3ccc(Cl)cc3)C(=O)C(=O)N2Cc2cccnc2)cc1. The van der Waals surface area contributed by atoms with Crippen molar-refractivity contribution in [3.8, 4) is 0 Å². The van der Waals surface area contributed by atoms with E-state index in [-0.39, 0.29) is 23.3 Å². The summed E-state index contributed by atoms with van der Waals surface area (Å²) in [7, 11) is 0. The van der Waals surface area contributed by atoms with Crippen LogP contribution in [0, 0.1) is 0 Å². The summed E-state index contributed by atoms with van der Waals surface area (Å²) in [5.41, 5.74) is 3.13. The summed E-state index contributed by atoms with van der Waals surface area (Å²) in [5, 5.41) is 11.6. The first-order chi connectivity index (χ1) is 15.7. The van der Waals surface area contributed by atoms with Gasteiger partial charge in [0.1, 0.15) is 5.76 Å². The van der Waals surface area contributed by atoms with Gasteiger partial charge >= 0.3 is 0 Å². The minimum Gasteiger partial charge on any atom is -0.507 e. The molecule has 33 heavy (non-hydrogen) atoms. The second-order valence-corrected chi connectivity index (χ2v) is 9.60. The summed E-state index contributed by atoms with van der Waals surface area (Å²) in [5.74, 6) is -1.58. The van der Waals surface area contributed by atoms with Crippen LogP contribution in [0.4, 0.5) is 0 Å². The van der Waals surface area contributed by atoms with Crippen LogP contribution >= 0.6 is 11.6 Å². The van der Waals surface area contributed by atoms with Crippen molar-refractivity contribution in [1.82, 2.24) is 9.88 Å². The van der Waals surface area contributed by atoms with E-state index in [0.717, 1.165) is 16.7 Å². The molecule has 0 bridgehead atoms. The summed E-state index contributed by atoms with van der Waals surface area (Å²) in [6.45, 7) is 6.56. The predicted molar refractivity (Wildman–Crippen MR) is 129 cm³/mol. The lowest BCUT2D eigenvalue weighted by Crippen LogP contribution is -2.29. The molecule has 1 amide bonds. The molecular weight excluding hydrogens is 436 g/mol. The Morgan fingerprint density at radius 1 is 1.03 bits per heavy atom. The highest BCUT2D eigenvalue weighted by molar-refractivity contribution is 6.46. The normalized spacial score (nSPS) is 18.1. The number of carbonyl (C=O) groups excluding carboxylic acids is 2. The number of ketones is 1. The van der Waals surface area contributed by atoms with E-state index in [0.29, 0.717) is 10.6 Å². The van der Waals surface area contributed by atoms with Gasteiger partial charge in [0.05, 0.1) is 11.6 Å². The Hall–Kier alpha value is -3.44. The van der Waals surface area contributed by atoms with Crippen LogP contribution in [0.3, 0.4) is 0 Å². The lowest BCUT2D eigenvalue weighted by molar-refractivity contribution is -0.140. The Labute approximate surface area is 198 Å². The van der Waals surface area contributed by atoms with Crippen molar-refractivity contribution in [1.29, 1.82) is 0 Å². The van der Waals surface area contributed by atoms with Crippen LogP contribution in [0.15, 0.2) is 78.6 Å². The fourth-order valence-corrected chi connectivity index (χ4v) is 4.13. The van der Waals surface area contributed by atoms with Gasteiger partial charge in [0.2, 0.25) is 0 Å². The third kappa shape index (κ3) is 4.55. The molecule has 2 heterocycles. The number of carbonyl (C=O) groups is 2. The number of aromatic nitrogens is 1. The molecule has 0 unspecified atom stereocenters. The van der Waals surface area contributed by atoms with Gasteiger partial charge in [-0.25, -0.2) is 0 Å². The first kappa shape index (κ1) is 22.7. The van der Waals surface area contributed by atoms with Crippen molar-refractivity contribution in [2.75, 3.05) is 0 Å². The van der Waals surface area contributed by atoms with Gasteiger partial charge in [0.25, 0.3) is 11.7 Å². The lowest BCUT2D eigenvalue weighted by atomic mass is 9.85. The van der Waals surface area contributed by atoms with Gasteiger partial charge in [-0.2, -0.15) is 0 Å². The van der Waals surface area contributed by atoms with Gasteiger partial charge in [0.15, 0.2) is 0 Å². The molecular formula is C27H25ClN2O3. The van der Waals surface area contributed by atoms with Gasteiger partial charge in [0, 0.05) is 29.5 Å². The maximum atomic E-state index is 13.1. The van der Waals surface area contributed by atoms with Gasteiger partial charge in [-0.1, -0.05) is 62.7 Å². The summed E-state index contributed by atoms with van der Waals surface area (Å²) < 4.78 is 0. The Bertz CT molecular complexity index is 1210. The molecule has 1 aliphatic rings. The number of benzene rings is 2. The maximum absolute atomic E-state index is 13.1. The zero-order chi connectivity index (χ0) is 23.8. The Kier molecular flexibility index (Phi) is 6.09. The number of pyridine rings is 1. The minimum atomic E-state index is -0.727. The topological polar surface area (TPSA) is 70.5 Å². The van der Waals surface area contributed by atoms with Crippen molar-refractivity contribution in [2.24, 2.45) is 0 Å². The molecule has 0 radical (unpaired) electrons.